The van der Waals surface area contributed by atoms with Crippen LogP contribution in [0.5, 0.6) is 0 Å². The molecule has 0 saturated heterocycles. The van der Waals surface area contributed by atoms with E-state index in [1.807, 2.05) is 24.3 Å². The van der Waals surface area contributed by atoms with Crippen LogP contribution in [-0.2, 0) is 0 Å². The van der Waals surface area contributed by atoms with Crippen LogP contribution in [0.3, 0.4) is 0 Å². The molecule has 0 aliphatic rings. The van der Waals surface area contributed by atoms with Crippen LogP contribution in [0.15, 0.2) is 41.1 Å². The van der Waals surface area contributed by atoms with E-state index in [1.54, 1.807) is 12.4 Å². The normalized spacial score (nSPS) is 10.9. The number of pyridine rings is 1. The average molecular weight is 309 g/mol. The fourth-order valence-corrected chi connectivity index (χ4v) is 2.27. The molecule has 3 aromatic rings. The number of benzene rings is 1. The Bertz CT molecular complexity index is 660. The van der Waals surface area contributed by atoms with Gasteiger partial charge in [0.15, 0.2) is 0 Å². The van der Waals surface area contributed by atoms with Crippen molar-refractivity contribution in [2.75, 3.05) is 0 Å². The molecule has 0 bridgehead atoms. The predicted octanol–water partition coefficient (Wildman–Crippen LogP) is 4.04. The van der Waals surface area contributed by atoms with Crippen molar-refractivity contribution in [3.05, 3.63) is 46.2 Å². The van der Waals surface area contributed by atoms with Crippen LogP contribution in [0.2, 0.25) is 5.02 Å². The fourth-order valence-electron chi connectivity index (χ4n) is 1.66. The summed E-state index contributed by atoms with van der Waals surface area (Å²) < 4.78 is 0.953. The van der Waals surface area contributed by atoms with E-state index in [4.69, 9.17) is 11.6 Å². The lowest BCUT2D eigenvalue weighted by Crippen LogP contribution is -1.82. The third-order valence-corrected chi connectivity index (χ3v) is 3.39. The van der Waals surface area contributed by atoms with Gasteiger partial charge in [-0.3, -0.25) is 4.98 Å². The molecule has 1 N–H and O–H groups in total. The molecule has 84 valence electrons. The number of rotatable bonds is 1. The molecule has 0 aliphatic carbocycles. The van der Waals surface area contributed by atoms with Crippen LogP contribution in [-0.4, -0.2) is 15.0 Å². The topological polar surface area (TPSA) is 41.6 Å². The first-order valence-corrected chi connectivity index (χ1v) is 6.16. The lowest BCUT2D eigenvalue weighted by molar-refractivity contribution is 1.32. The lowest BCUT2D eigenvalue weighted by atomic mass is 10.2. The number of nitrogens with one attached hydrogen (secondary N) is 1. The molecular weight excluding hydrogens is 302 g/mol. The molecule has 0 unspecified atom stereocenters. The van der Waals surface area contributed by atoms with E-state index in [9.17, 15) is 0 Å². The van der Waals surface area contributed by atoms with Gasteiger partial charge in [-0.1, -0.05) is 27.5 Å². The van der Waals surface area contributed by atoms with Crippen molar-refractivity contribution in [2.24, 2.45) is 0 Å². The Morgan fingerprint density at radius 1 is 1.24 bits per heavy atom. The highest BCUT2D eigenvalue weighted by atomic mass is 79.9. The molecule has 2 aromatic heterocycles. The van der Waals surface area contributed by atoms with Crippen molar-refractivity contribution in [2.45, 2.75) is 0 Å². The van der Waals surface area contributed by atoms with Gasteiger partial charge in [-0.2, -0.15) is 0 Å². The zero-order valence-corrected chi connectivity index (χ0v) is 11.0. The van der Waals surface area contributed by atoms with Gasteiger partial charge in [0.1, 0.15) is 5.82 Å². The Labute approximate surface area is 111 Å². The first-order valence-electron chi connectivity index (χ1n) is 4.99. The number of fused-ring (bicyclic) bond motifs is 1. The highest BCUT2D eigenvalue weighted by Crippen LogP contribution is 2.30. The van der Waals surface area contributed by atoms with E-state index in [0.29, 0.717) is 5.02 Å². The number of aromatic nitrogens is 3. The average Bonchev–Trinajstić information content (AvgIpc) is 2.75. The molecule has 0 fully saturated rings. The molecule has 0 aliphatic heterocycles. The van der Waals surface area contributed by atoms with Gasteiger partial charge >= 0.3 is 0 Å². The van der Waals surface area contributed by atoms with Gasteiger partial charge in [0, 0.05) is 21.3 Å². The number of nitrogens with zero attached hydrogens (tertiary/aromatic N) is 2. The number of hydrogen-bond donors (Lipinski definition) is 1. The van der Waals surface area contributed by atoms with E-state index < -0.39 is 0 Å². The smallest absolute Gasteiger partial charge is 0.139 e. The zero-order chi connectivity index (χ0) is 11.8. The number of imidazole rings is 1. The standard InChI is InChI=1S/C12H7BrClN3/c13-9-2-1-7(14)5-8(9)12-16-10-3-4-15-6-11(10)17-12/h1-6H,(H,16,17). The summed E-state index contributed by atoms with van der Waals surface area (Å²) in [5.41, 5.74) is 2.74. The molecule has 0 atom stereocenters. The molecular formula is C12H7BrClN3. The Morgan fingerprint density at radius 3 is 2.94 bits per heavy atom. The van der Waals surface area contributed by atoms with Gasteiger partial charge in [-0.25, -0.2) is 4.98 Å². The fraction of sp³-hybridized carbons (Fsp3) is 0. The quantitative estimate of drug-likeness (QED) is 0.737. The monoisotopic (exact) mass is 307 g/mol. The number of halogens is 2. The van der Waals surface area contributed by atoms with Crippen molar-refractivity contribution >= 4 is 38.6 Å². The van der Waals surface area contributed by atoms with E-state index in [-0.39, 0.29) is 0 Å². The maximum absolute atomic E-state index is 5.99. The number of hydrogen-bond acceptors (Lipinski definition) is 2. The highest BCUT2D eigenvalue weighted by molar-refractivity contribution is 9.10. The Balaban J connectivity index is 2.23. The summed E-state index contributed by atoms with van der Waals surface area (Å²) in [5.74, 6) is 0.780. The van der Waals surface area contributed by atoms with E-state index in [0.717, 1.165) is 26.9 Å². The van der Waals surface area contributed by atoms with Crippen LogP contribution in [0, 0.1) is 0 Å². The maximum Gasteiger partial charge on any atom is 0.139 e. The van der Waals surface area contributed by atoms with Crippen LogP contribution in [0.1, 0.15) is 0 Å². The second-order valence-corrected chi connectivity index (χ2v) is 4.89. The molecule has 0 saturated carbocycles. The SMILES string of the molecule is Clc1ccc(Br)c(-c2nc3ccncc3[nH]2)c1. The van der Waals surface area contributed by atoms with E-state index in [1.165, 1.54) is 0 Å². The predicted molar refractivity (Wildman–Crippen MR) is 72.0 cm³/mol. The first-order chi connectivity index (χ1) is 8.24. The van der Waals surface area contributed by atoms with Gasteiger partial charge in [-0.05, 0) is 24.3 Å². The molecule has 3 nitrogen and oxygen atoms in total. The minimum atomic E-state index is 0.682. The first kappa shape index (κ1) is 10.7. The summed E-state index contributed by atoms with van der Waals surface area (Å²) in [4.78, 5) is 11.8. The molecule has 3 rings (SSSR count). The van der Waals surface area contributed by atoms with Gasteiger partial charge in [0.2, 0.25) is 0 Å². The van der Waals surface area contributed by atoms with Crippen LogP contribution in [0.4, 0.5) is 0 Å². The molecule has 2 heterocycles. The zero-order valence-electron chi connectivity index (χ0n) is 8.61. The summed E-state index contributed by atoms with van der Waals surface area (Å²) in [6, 6.07) is 7.48. The van der Waals surface area contributed by atoms with Gasteiger partial charge in [0.25, 0.3) is 0 Å². The largest absolute Gasteiger partial charge is 0.337 e. The summed E-state index contributed by atoms with van der Waals surface area (Å²) in [5, 5.41) is 0.682. The van der Waals surface area contributed by atoms with Crippen molar-refractivity contribution in [3.8, 4) is 11.4 Å². The summed E-state index contributed by atoms with van der Waals surface area (Å²) >= 11 is 9.48. The maximum atomic E-state index is 5.99. The third kappa shape index (κ3) is 1.94. The lowest BCUT2D eigenvalue weighted by Gasteiger charge is -2.00. The van der Waals surface area contributed by atoms with E-state index >= 15 is 0 Å². The molecule has 17 heavy (non-hydrogen) atoms. The molecule has 0 amide bonds. The van der Waals surface area contributed by atoms with Crippen LogP contribution < -0.4 is 0 Å². The van der Waals surface area contributed by atoms with Gasteiger partial charge < -0.3 is 4.98 Å². The molecule has 0 radical (unpaired) electrons. The third-order valence-electron chi connectivity index (χ3n) is 2.47. The second kappa shape index (κ2) is 4.13. The summed E-state index contributed by atoms with van der Waals surface area (Å²) in [6.45, 7) is 0. The second-order valence-electron chi connectivity index (χ2n) is 3.60. The van der Waals surface area contributed by atoms with Crippen molar-refractivity contribution in [3.63, 3.8) is 0 Å². The highest BCUT2D eigenvalue weighted by Gasteiger charge is 2.09. The van der Waals surface area contributed by atoms with E-state index in [2.05, 4.69) is 30.9 Å². The minimum Gasteiger partial charge on any atom is -0.337 e. The summed E-state index contributed by atoms with van der Waals surface area (Å²) in [6.07, 6.45) is 3.48. The summed E-state index contributed by atoms with van der Waals surface area (Å²) in [7, 11) is 0. The van der Waals surface area contributed by atoms with Crippen molar-refractivity contribution < 1.29 is 0 Å². The van der Waals surface area contributed by atoms with Crippen molar-refractivity contribution in [1.29, 1.82) is 0 Å². The number of H-pyrrole nitrogens is 1. The number of aromatic amines is 1. The molecule has 5 heteroatoms. The molecule has 0 spiro atoms. The van der Waals surface area contributed by atoms with Crippen molar-refractivity contribution in [1.82, 2.24) is 15.0 Å². The molecule has 1 aromatic carbocycles. The van der Waals surface area contributed by atoms with Gasteiger partial charge in [0.05, 0.1) is 17.2 Å². The Hall–Kier alpha value is -1.39. The van der Waals surface area contributed by atoms with Gasteiger partial charge in [-0.15, -0.1) is 0 Å². The Morgan fingerprint density at radius 2 is 2.12 bits per heavy atom. The Kier molecular flexibility index (Phi) is 2.61. The van der Waals surface area contributed by atoms with Crippen LogP contribution in [0.25, 0.3) is 22.4 Å². The minimum absolute atomic E-state index is 0.682. The van der Waals surface area contributed by atoms with Crippen LogP contribution >= 0.6 is 27.5 Å².